The number of esters is 1. The summed E-state index contributed by atoms with van der Waals surface area (Å²) in [6, 6.07) is 12.7. The number of hydrogen-bond donors (Lipinski definition) is 1. The first kappa shape index (κ1) is 21.7. The van der Waals surface area contributed by atoms with Crippen LogP contribution in [-0.2, 0) is 14.3 Å². The van der Waals surface area contributed by atoms with Gasteiger partial charge in [0.05, 0.1) is 6.42 Å². The Morgan fingerprint density at radius 1 is 1.04 bits per heavy atom. The van der Waals surface area contributed by atoms with Gasteiger partial charge >= 0.3 is 5.97 Å². The van der Waals surface area contributed by atoms with Gasteiger partial charge in [-0.2, -0.15) is 0 Å². The van der Waals surface area contributed by atoms with Gasteiger partial charge in [-0.1, -0.05) is 6.07 Å². The number of aryl methyl sites for hydroxylation is 2. The number of carbonyl (C=O) groups is 3. The lowest BCUT2D eigenvalue weighted by molar-refractivity contribution is -0.152. The minimum atomic E-state index is -0.897. The predicted molar refractivity (Wildman–Crippen MR) is 112 cm³/mol. The zero-order valence-electron chi connectivity index (χ0n) is 16.6. The van der Waals surface area contributed by atoms with Crippen LogP contribution in [0.1, 0.15) is 41.8 Å². The maximum absolute atomic E-state index is 12.2. The van der Waals surface area contributed by atoms with E-state index < -0.39 is 18.0 Å². The zero-order chi connectivity index (χ0) is 20.7. The normalized spacial score (nSPS) is 11.6. The average molecular weight is 400 g/mol. The molecule has 1 atom stereocenters. The number of thioether (sulfide) groups is 1. The molecule has 0 aliphatic heterocycles. The molecule has 28 heavy (non-hydrogen) atoms. The van der Waals surface area contributed by atoms with Gasteiger partial charge < -0.3 is 10.1 Å². The number of ketones is 1. The van der Waals surface area contributed by atoms with Crippen LogP contribution in [0.5, 0.6) is 0 Å². The van der Waals surface area contributed by atoms with Crippen molar-refractivity contribution in [2.24, 2.45) is 0 Å². The highest BCUT2D eigenvalue weighted by Gasteiger charge is 2.18. The van der Waals surface area contributed by atoms with Crippen molar-refractivity contribution < 1.29 is 19.1 Å². The maximum atomic E-state index is 12.2. The van der Waals surface area contributed by atoms with Gasteiger partial charge in [-0.05, 0) is 75.2 Å². The van der Waals surface area contributed by atoms with Crippen LogP contribution in [0.15, 0.2) is 47.4 Å². The molecule has 2 rings (SSSR count). The number of amides is 1. The van der Waals surface area contributed by atoms with Gasteiger partial charge in [0.25, 0.3) is 5.91 Å². The van der Waals surface area contributed by atoms with Gasteiger partial charge in [0, 0.05) is 21.9 Å². The highest BCUT2D eigenvalue weighted by atomic mass is 32.2. The van der Waals surface area contributed by atoms with Crippen molar-refractivity contribution >= 4 is 35.1 Å². The monoisotopic (exact) mass is 399 g/mol. The maximum Gasteiger partial charge on any atom is 0.307 e. The summed E-state index contributed by atoms with van der Waals surface area (Å²) < 4.78 is 5.21. The molecule has 0 heterocycles. The van der Waals surface area contributed by atoms with Crippen LogP contribution >= 0.6 is 11.8 Å². The number of nitrogens with one attached hydrogen (secondary N) is 1. The molecule has 2 aromatic rings. The fraction of sp³-hybridized carbons (Fsp3) is 0.318. The molecule has 0 aromatic heterocycles. The van der Waals surface area contributed by atoms with Crippen molar-refractivity contribution in [3.8, 4) is 0 Å². The lowest BCUT2D eigenvalue weighted by Gasteiger charge is -2.13. The molecule has 6 heteroatoms. The number of Topliss-reactive ketones (excluding diaryl/α,β-unsaturated/α-hetero) is 1. The third-order valence-electron chi connectivity index (χ3n) is 4.29. The molecular formula is C22H25NO4S. The summed E-state index contributed by atoms with van der Waals surface area (Å²) in [6.45, 7) is 7.13. The highest BCUT2D eigenvalue weighted by Crippen LogP contribution is 2.22. The molecule has 1 amide bonds. The molecule has 0 spiro atoms. The fourth-order valence-corrected chi connectivity index (χ4v) is 3.33. The van der Waals surface area contributed by atoms with Crippen LogP contribution in [-0.4, -0.2) is 29.5 Å². The molecule has 0 aliphatic rings. The van der Waals surface area contributed by atoms with Gasteiger partial charge in [-0.15, -0.1) is 11.8 Å². The predicted octanol–water partition coefficient (Wildman–Crippen LogP) is 4.56. The molecule has 5 nitrogen and oxygen atoms in total. The molecule has 0 fully saturated rings. The van der Waals surface area contributed by atoms with E-state index >= 15 is 0 Å². The smallest absolute Gasteiger partial charge is 0.307 e. The number of rotatable bonds is 8. The Kier molecular flexibility index (Phi) is 7.81. The summed E-state index contributed by atoms with van der Waals surface area (Å²) >= 11 is 1.58. The summed E-state index contributed by atoms with van der Waals surface area (Å²) in [7, 11) is 0. The minimum absolute atomic E-state index is 0.0427. The van der Waals surface area contributed by atoms with Gasteiger partial charge in [-0.25, -0.2) is 0 Å². The molecule has 2 aromatic carbocycles. The van der Waals surface area contributed by atoms with E-state index in [2.05, 4.69) is 31.3 Å². The first-order valence-electron chi connectivity index (χ1n) is 9.07. The quantitative estimate of drug-likeness (QED) is 0.400. The molecule has 0 unspecified atom stereocenters. The Balaban J connectivity index is 1.76. The fourth-order valence-electron chi connectivity index (χ4n) is 2.40. The summed E-state index contributed by atoms with van der Waals surface area (Å²) in [6.07, 6.45) is -0.672. The lowest BCUT2D eigenvalue weighted by Crippen LogP contribution is -2.30. The average Bonchev–Trinajstić information content (AvgIpc) is 2.65. The van der Waals surface area contributed by atoms with Crippen molar-refractivity contribution in [1.82, 2.24) is 0 Å². The van der Waals surface area contributed by atoms with E-state index in [1.165, 1.54) is 25.0 Å². The number of hydrogen-bond acceptors (Lipinski definition) is 5. The van der Waals surface area contributed by atoms with E-state index in [0.29, 0.717) is 17.0 Å². The first-order chi connectivity index (χ1) is 13.3. The second-order valence-corrected chi connectivity index (χ2v) is 7.77. The molecule has 1 N–H and O–H groups in total. The third-order valence-corrected chi connectivity index (χ3v) is 5.29. The van der Waals surface area contributed by atoms with Gasteiger partial charge in [-0.3, -0.25) is 14.4 Å². The van der Waals surface area contributed by atoms with Crippen LogP contribution in [0.2, 0.25) is 0 Å². The van der Waals surface area contributed by atoms with Crippen molar-refractivity contribution in [2.45, 2.75) is 45.1 Å². The summed E-state index contributed by atoms with van der Waals surface area (Å²) in [5.74, 6) is -0.280. The number of carbonyl (C=O) groups excluding carboxylic acids is 3. The van der Waals surface area contributed by atoms with Crippen LogP contribution < -0.4 is 5.32 Å². The molecule has 0 saturated heterocycles. The summed E-state index contributed by atoms with van der Waals surface area (Å²) in [4.78, 5) is 36.5. The van der Waals surface area contributed by atoms with Crippen LogP contribution in [0.25, 0.3) is 0 Å². The van der Waals surface area contributed by atoms with Crippen molar-refractivity contribution in [1.29, 1.82) is 0 Å². The standard InChI is InChI=1S/C22H25NO4S/c1-14-5-10-20(13-15(14)2)28-12-11-21(25)27-17(4)22(26)23-19-8-6-18(7-9-19)16(3)24/h5-10,13,17H,11-12H2,1-4H3,(H,23,26)/t17-/m1/s1. The Labute approximate surface area is 169 Å². The largest absolute Gasteiger partial charge is 0.453 e. The Hall–Kier alpha value is -2.60. The third kappa shape index (κ3) is 6.53. The molecule has 0 saturated carbocycles. The van der Waals surface area contributed by atoms with E-state index in [9.17, 15) is 14.4 Å². The van der Waals surface area contributed by atoms with E-state index in [1.54, 1.807) is 36.0 Å². The molecular weight excluding hydrogens is 374 g/mol. The Morgan fingerprint density at radius 2 is 1.71 bits per heavy atom. The number of ether oxygens (including phenoxy) is 1. The van der Waals surface area contributed by atoms with Crippen LogP contribution in [0.3, 0.4) is 0 Å². The van der Waals surface area contributed by atoms with Crippen LogP contribution in [0.4, 0.5) is 5.69 Å². The molecule has 0 aliphatic carbocycles. The van der Waals surface area contributed by atoms with E-state index in [4.69, 9.17) is 4.74 Å². The van der Waals surface area contributed by atoms with Crippen molar-refractivity contribution in [3.63, 3.8) is 0 Å². The van der Waals surface area contributed by atoms with Crippen LogP contribution in [0, 0.1) is 13.8 Å². The molecule has 0 bridgehead atoms. The second kappa shape index (κ2) is 10.1. The van der Waals surface area contributed by atoms with Gasteiger partial charge in [0.15, 0.2) is 11.9 Å². The molecule has 0 radical (unpaired) electrons. The number of anilines is 1. The highest BCUT2D eigenvalue weighted by molar-refractivity contribution is 7.99. The van der Waals surface area contributed by atoms with Gasteiger partial charge in [0.1, 0.15) is 0 Å². The van der Waals surface area contributed by atoms with Crippen molar-refractivity contribution in [3.05, 3.63) is 59.2 Å². The topological polar surface area (TPSA) is 72.5 Å². The SMILES string of the molecule is CC(=O)c1ccc(NC(=O)[C@@H](C)OC(=O)CCSc2ccc(C)c(C)c2)cc1. The minimum Gasteiger partial charge on any atom is -0.453 e. The summed E-state index contributed by atoms with van der Waals surface area (Å²) in [5.41, 5.74) is 3.57. The Bertz CT molecular complexity index is 861. The first-order valence-corrected chi connectivity index (χ1v) is 10.1. The second-order valence-electron chi connectivity index (χ2n) is 6.60. The van der Waals surface area contributed by atoms with E-state index in [0.717, 1.165) is 4.90 Å². The van der Waals surface area contributed by atoms with Crippen molar-refractivity contribution in [2.75, 3.05) is 11.1 Å². The number of benzene rings is 2. The Morgan fingerprint density at radius 3 is 2.32 bits per heavy atom. The zero-order valence-corrected chi connectivity index (χ0v) is 17.4. The van der Waals surface area contributed by atoms with E-state index in [-0.39, 0.29) is 12.2 Å². The molecule has 148 valence electrons. The summed E-state index contributed by atoms with van der Waals surface area (Å²) in [5, 5.41) is 2.67. The van der Waals surface area contributed by atoms with Gasteiger partial charge in [0.2, 0.25) is 0 Å². The lowest BCUT2D eigenvalue weighted by atomic mass is 10.1. The van der Waals surface area contributed by atoms with E-state index in [1.807, 2.05) is 6.07 Å².